The zero-order valence-electron chi connectivity index (χ0n) is 9.99. The fraction of sp³-hybridized carbons (Fsp3) is 0.538. The highest BCUT2D eigenvalue weighted by atomic mass is 32.2. The summed E-state index contributed by atoms with van der Waals surface area (Å²) in [6, 6.07) is 7.35. The van der Waals surface area contributed by atoms with Gasteiger partial charge in [0.1, 0.15) is 5.82 Å². The van der Waals surface area contributed by atoms with Crippen molar-refractivity contribution in [2.75, 3.05) is 19.8 Å². The number of hydrogen-bond donors (Lipinski definition) is 1. The maximum absolute atomic E-state index is 13.6. The summed E-state index contributed by atoms with van der Waals surface area (Å²) in [5, 5.41) is 3.74. The van der Waals surface area contributed by atoms with Crippen molar-refractivity contribution in [2.45, 2.75) is 29.5 Å². The minimum absolute atomic E-state index is 0.140. The number of ether oxygens (including phenoxy) is 1. The molecule has 1 N–H and O–H groups in total. The Morgan fingerprint density at radius 3 is 3.06 bits per heavy atom. The molecule has 1 fully saturated rings. The first-order chi connectivity index (χ1) is 8.31. The van der Waals surface area contributed by atoms with Gasteiger partial charge in [0, 0.05) is 22.8 Å². The van der Waals surface area contributed by atoms with Gasteiger partial charge in [-0.25, -0.2) is 4.39 Å². The number of rotatable bonds is 4. The van der Waals surface area contributed by atoms with Gasteiger partial charge in [0.25, 0.3) is 0 Å². The molecular formula is C13H18FNOS. The van der Waals surface area contributed by atoms with E-state index in [4.69, 9.17) is 4.74 Å². The van der Waals surface area contributed by atoms with Crippen LogP contribution in [0.3, 0.4) is 0 Å². The Hall–Kier alpha value is -0.580. The SMILES string of the molecule is CCNC1CCOCC1Sc1ccccc1F. The minimum atomic E-state index is -0.140. The molecule has 2 rings (SSSR count). The quantitative estimate of drug-likeness (QED) is 0.894. The second kappa shape index (κ2) is 6.38. The first-order valence-electron chi connectivity index (χ1n) is 6.03. The van der Waals surface area contributed by atoms with E-state index in [0.29, 0.717) is 22.8 Å². The van der Waals surface area contributed by atoms with E-state index in [2.05, 4.69) is 12.2 Å². The molecule has 0 saturated carbocycles. The van der Waals surface area contributed by atoms with E-state index in [1.807, 2.05) is 12.1 Å². The van der Waals surface area contributed by atoms with Gasteiger partial charge < -0.3 is 10.1 Å². The van der Waals surface area contributed by atoms with Gasteiger partial charge in [0.2, 0.25) is 0 Å². The van der Waals surface area contributed by atoms with Crippen molar-refractivity contribution >= 4 is 11.8 Å². The molecule has 1 saturated heterocycles. The van der Waals surface area contributed by atoms with Crippen molar-refractivity contribution in [3.8, 4) is 0 Å². The molecule has 2 unspecified atom stereocenters. The second-order valence-corrected chi connectivity index (χ2v) is 5.40. The summed E-state index contributed by atoms with van der Waals surface area (Å²) in [5.41, 5.74) is 0. The third-order valence-corrected chi connectivity index (χ3v) is 4.24. The van der Waals surface area contributed by atoms with Gasteiger partial charge >= 0.3 is 0 Å². The number of benzene rings is 1. The van der Waals surface area contributed by atoms with Crippen LogP contribution in [0.4, 0.5) is 4.39 Å². The Morgan fingerprint density at radius 2 is 2.29 bits per heavy atom. The van der Waals surface area contributed by atoms with Gasteiger partial charge in [-0.1, -0.05) is 19.1 Å². The molecule has 0 aliphatic carbocycles. The molecule has 0 aromatic heterocycles. The van der Waals surface area contributed by atoms with Gasteiger partial charge in [-0.05, 0) is 25.1 Å². The molecule has 1 aromatic rings. The Bertz CT molecular complexity index is 359. The van der Waals surface area contributed by atoms with E-state index in [1.165, 1.54) is 6.07 Å². The number of thioether (sulfide) groups is 1. The Morgan fingerprint density at radius 1 is 1.47 bits per heavy atom. The lowest BCUT2D eigenvalue weighted by Crippen LogP contribution is -2.44. The van der Waals surface area contributed by atoms with Crippen molar-refractivity contribution < 1.29 is 9.13 Å². The fourth-order valence-electron chi connectivity index (χ4n) is 2.03. The molecule has 0 bridgehead atoms. The highest BCUT2D eigenvalue weighted by molar-refractivity contribution is 8.00. The van der Waals surface area contributed by atoms with E-state index in [1.54, 1.807) is 17.8 Å². The molecule has 2 nitrogen and oxygen atoms in total. The van der Waals surface area contributed by atoms with Crippen molar-refractivity contribution in [3.05, 3.63) is 30.1 Å². The molecule has 1 aliphatic heterocycles. The molecule has 1 aromatic carbocycles. The lowest BCUT2D eigenvalue weighted by molar-refractivity contribution is 0.0837. The monoisotopic (exact) mass is 255 g/mol. The van der Waals surface area contributed by atoms with Crippen molar-refractivity contribution in [3.63, 3.8) is 0 Å². The van der Waals surface area contributed by atoms with Crippen LogP contribution in [0.2, 0.25) is 0 Å². The molecule has 2 atom stereocenters. The van der Waals surface area contributed by atoms with Crippen LogP contribution in [0.25, 0.3) is 0 Å². The van der Waals surface area contributed by atoms with Crippen molar-refractivity contribution in [2.24, 2.45) is 0 Å². The summed E-state index contributed by atoms with van der Waals surface area (Å²) < 4.78 is 19.1. The van der Waals surface area contributed by atoms with Crippen LogP contribution in [0.1, 0.15) is 13.3 Å². The number of hydrogen-bond acceptors (Lipinski definition) is 3. The minimum Gasteiger partial charge on any atom is -0.380 e. The van der Waals surface area contributed by atoms with Crippen LogP contribution in [0, 0.1) is 5.82 Å². The summed E-state index contributed by atoms with van der Waals surface area (Å²) in [7, 11) is 0. The van der Waals surface area contributed by atoms with Gasteiger partial charge in [-0.15, -0.1) is 11.8 Å². The zero-order valence-corrected chi connectivity index (χ0v) is 10.8. The third kappa shape index (κ3) is 3.44. The van der Waals surface area contributed by atoms with Crippen LogP contribution in [-0.2, 0) is 4.74 Å². The molecule has 0 radical (unpaired) electrons. The molecule has 0 amide bonds. The van der Waals surface area contributed by atoms with E-state index >= 15 is 0 Å². The average molecular weight is 255 g/mol. The molecule has 1 aliphatic rings. The van der Waals surface area contributed by atoms with Crippen LogP contribution >= 0.6 is 11.8 Å². The fourth-order valence-corrected chi connectivity index (χ4v) is 3.25. The maximum atomic E-state index is 13.6. The first kappa shape index (κ1) is 12.9. The van der Waals surface area contributed by atoms with E-state index < -0.39 is 0 Å². The predicted octanol–water partition coefficient (Wildman–Crippen LogP) is 2.68. The summed E-state index contributed by atoms with van der Waals surface area (Å²) in [6.45, 7) is 4.53. The summed E-state index contributed by atoms with van der Waals surface area (Å²) in [4.78, 5) is 0.714. The molecule has 0 spiro atoms. The second-order valence-electron chi connectivity index (χ2n) is 4.11. The summed E-state index contributed by atoms with van der Waals surface area (Å²) >= 11 is 1.58. The molecule has 94 valence electrons. The normalized spacial score (nSPS) is 24.8. The molecular weight excluding hydrogens is 237 g/mol. The van der Waals surface area contributed by atoms with E-state index in [9.17, 15) is 4.39 Å². The lowest BCUT2D eigenvalue weighted by Gasteiger charge is -2.31. The smallest absolute Gasteiger partial charge is 0.136 e. The van der Waals surface area contributed by atoms with Crippen LogP contribution < -0.4 is 5.32 Å². The van der Waals surface area contributed by atoms with Crippen LogP contribution in [-0.4, -0.2) is 31.1 Å². The lowest BCUT2D eigenvalue weighted by atomic mass is 10.1. The topological polar surface area (TPSA) is 21.3 Å². The third-order valence-electron chi connectivity index (χ3n) is 2.89. The number of nitrogens with one attached hydrogen (secondary N) is 1. The van der Waals surface area contributed by atoms with Crippen LogP contribution in [0.5, 0.6) is 0 Å². The largest absolute Gasteiger partial charge is 0.380 e. The first-order valence-corrected chi connectivity index (χ1v) is 6.91. The van der Waals surface area contributed by atoms with E-state index in [-0.39, 0.29) is 5.82 Å². The van der Waals surface area contributed by atoms with Gasteiger partial charge in [-0.2, -0.15) is 0 Å². The zero-order chi connectivity index (χ0) is 12.1. The molecule has 17 heavy (non-hydrogen) atoms. The standard InChI is InChI=1S/C13H18FNOS/c1-2-15-11-7-8-16-9-13(11)17-12-6-4-3-5-10(12)14/h3-6,11,13,15H,2,7-9H2,1H3. The highest BCUT2D eigenvalue weighted by Gasteiger charge is 2.26. The maximum Gasteiger partial charge on any atom is 0.136 e. The Labute approximate surface area is 106 Å². The Balaban J connectivity index is 2.03. The van der Waals surface area contributed by atoms with Gasteiger partial charge in [0.15, 0.2) is 0 Å². The Kier molecular flexibility index (Phi) is 4.83. The van der Waals surface area contributed by atoms with Gasteiger partial charge in [0.05, 0.1) is 6.61 Å². The van der Waals surface area contributed by atoms with Gasteiger partial charge in [-0.3, -0.25) is 0 Å². The van der Waals surface area contributed by atoms with E-state index in [0.717, 1.165) is 19.6 Å². The van der Waals surface area contributed by atoms with Crippen LogP contribution in [0.15, 0.2) is 29.2 Å². The molecule has 4 heteroatoms. The average Bonchev–Trinajstić information content (AvgIpc) is 2.35. The van der Waals surface area contributed by atoms with Crippen molar-refractivity contribution in [1.29, 1.82) is 0 Å². The molecule has 1 heterocycles. The summed E-state index contributed by atoms with van der Waals surface area (Å²) in [5.74, 6) is -0.140. The number of halogens is 1. The highest BCUT2D eigenvalue weighted by Crippen LogP contribution is 2.30. The van der Waals surface area contributed by atoms with Crippen molar-refractivity contribution in [1.82, 2.24) is 5.32 Å². The summed E-state index contributed by atoms with van der Waals surface area (Å²) in [6.07, 6.45) is 1.000. The predicted molar refractivity (Wildman–Crippen MR) is 68.9 cm³/mol.